The van der Waals surface area contributed by atoms with E-state index < -0.39 is 10.2 Å². The number of hydrogen-bond acceptors (Lipinski definition) is 4. The van der Waals surface area contributed by atoms with E-state index in [2.05, 4.69) is 17.0 Å². The first-order chi connectivity index (χ1) is 10.1. The molecule has 0 saturated carbocycles. The fourth-order valence-corrected chi connectivity index (χ4v) is 3.95. The van der Waals surface area contributed by atoms with Gasteiger partial charge in [0.05, 0.1) is 24.6 Å². The minimum atomic E-state index is -3.52. The van der Waals surface area contributed by atoms with Crippen LogP contribution in [0.2, 0.25) is 0 Å². The molecule has 1 aromatic rings. The number of benzene rings is 1. The smallest absolute Gasteiger partial charge is 0.301 e. The number of anilines is 2. The fraction of sp³-hybridized carbons (Fsp3) is 0.571. The highest BCUT2D eigenvalue weighted by molar-refractivity contribution is 7.90. The van der Waals surface area contributed by atoms with Crippen LogP contribution < -0.4 is 10.0 Å². The van der Waals surface area contributed by atoms with E-state index in [-0.39, 0.29) is 0 Å². The Morgan fingerprint density at radius 3 is 2.86 bits per heavy atom. The van der Waals surface area contributed by atoms with Gasteiger partial charge in [-0.05, 0) is 31.4 Å². The van der Waals surface area contributed by atoms with Gasteiger partial charge in [0.1, 0.15) is 0 Å². The zero-order valence-corrected chi connectivity index (χ0v) is 12.9. The zero-order chi connectivity index (χ0) is 14.9. The van der Waals surface area contributed by atoms with Gasteiger partial charge in [0.2, 0.25) is 0 Å². The van der Waals surface area contributed by atoms with E-state index in [1.54, 1.807) is 0 Å². The minimum absolute atomic E-state index is 0.353. The van der Waals surface area contributed by atoms with Crippen LogP contribution in [0, 0.1) is 0 Å². The van der Waals surface area contributed by atoms with Crippen molar-refractivity contribution in [2.24, 2.45) is 0 Å². The largest absolute Gasteiger partial charge is 0.381 e. The van der Waals surface area contributed by atoms with Gasteiger partial charge >= 0.3 is 10.2 Å². The Hall–Kier alpha value is -1.31. The molecular weight excluding hydrogens is 290 g/mol. The number of para-hydroxylation sites is 1. The predicted molar refractivity (Wildman–Crippen MR) is 82.8 cm³/mol. The Balaban J connectivity index is 1.84. The Bertz CT molecular complexity index is 612. The molecule has 116 valence electrons. The zero-order valence-electron chi connectivity index (χ0n) is 12.1. The van der Waals surface area contributed by atoms with Gasteiger partial charge in [-0.15, -0.1) is 0 Å². The maximum atomic E-state index is 12.5. The molecule has 0 bridgehead atoms. The number of aryl methyl sites for hydroxylation is 1. The number of morpholine rings is 1. The van der Waals surface area contributed by atoms with Crippen molar-refractivity contribution in [2.45, 2.75) is 25.8 Å². The lowest BCUT2D eigenvalue weighted by molar-refractivity contribution is 0.0733. The van der Waals surface area contributed by atoms with E-state index in [0.29, 0.717) is 38.0 Å². The summed E-state index contributed by atoms with van der Waals surface area (Å²) in [5.74, 6) is 0. The quantitative estimate of drug-likeness (QED) is 0.886. The van der Waals surface area contributed by atoms with Crippen LogP contribution in [-0.4, -0.2) is 45.1 Å². The summed E-state index contributed by atoms with van der Waals surface area (Å²) in [6.45, 7) is 3.80. The van der Waals surface area contributed by atoms with Crippen LogP contribution in [0.5, 0.6) is 0 Å². The van der Waals surface area contributed by atoms with Gasteiger partial charge in [-0.2, -0.15) is 12.7 Å². The lowest BCUT2D eigenvalue weighted by atomic mass is 9.98. The van der Waals surface area contributed by atoms with Crippen LogP contribution in [0.1, 0.15) is 18.9 Å². The Morgan fingerprint density at radius 2 is 2.10 bits per heavy atom. The van der Waals surface area contributed by atoms with Crippen molar-refractivity contribution in [2.75, 3.05) is 36.3 Å². The van der Waals surface area contributed by atoms with Crippen LogP contribution in [0.15, 0.2) is 18.2 Å². The molecule has 1 fully saturated rings. The standard InChI is InChI=1S/C14H21N3O3S/c1-11-5-6-12-3-2-4-13(14(12)15-11)16-21(18,19)17-7-9-20-10-8-17/h2-4,11,15-16H,5-10H2,1H3. The first-order valence-corrected chi connectivity index (χ1v) is 8.74. The molecule has 3 rings (SSSR count). The van der Waals surface area contributed by atoms with Crippen molar-refractivity contribution in [1.29, 1.82) is 0 Å². The lowest BCUT2D eigenvalue weighted by Gasteiger charge is -2.29. The van der Waals surface area contributed by atoms with Gasteiger partial charge in [-0.3, -0.25) is 4.72 Å². The van der Waals surface area contributed by atoms with Gasteiger partial charge in [-0.25, -0.2) is 0 Å². The molecule has 6 nitrogen and oxygen atoms in total. The molecule has 1 unspecified atom stereocenters. The van der Waals surface area contributed by atoms with Crippen LogP contribution in [0.4, 0.5) is 11.4 Å². The third-order valence-corrected chi connectivity index (χ3v) is 5.46. The van der Waals surface area contributed by atoms with Crippen LogP contribution >= 0.6 is 0 Å². The summed E-state index contributed by atoms with van der Waals surface area (Å²) < 4.78 is 34.3. The highest BCUT2D eigenvalue weighted by Gasteiger charge is 2.26. The molecule has 1 aromatic carbocycles. The number of ether oxygens (including phenoxy) is 1. The summed E-state index contributed by atoms with van der Waals surface area (Å²) in [5.41, 5.74) is 2.70. The average molecular weight is 311 g/mol. The lowest BCUT2D eigenvalue weighted by Crippen LogP contribution is -2.43. The molecule has 0 amide bonds. The van der Waals surface area contributed by atoms with E-state index in [1.165, 1.54) is 4.31 Å². The molecule has 0 radical (unpaired) electrons. The monoisotopic (exact) mass is 311 g/mol. The molecule has 1 saturated heterocycles. The topological polar surface area (TPSA) is 70.7 Å². The maximum Gasteiger partial charge on any atom is 0.301 e. The highest BCUT2D eigenvalue weighted by Crippen LogP contribution is 2.33. The minimum Gasteiger partial charge on any atom is -0.381 e. The third kappa shape index (κ3) is 3.14. The average Bonchev–Trinajstić information content (AvgIpc) is 2.48. The van der Waals surface area contributed by atoms with Gasteiger partial charge < -0.3 is 10.1 Å². The maximum absolute atomic E-state index is 12.5. The predicted octanol–water partition coefficient (Wildman–Crippen LogP) is 1.42. The van der Waals surface area contributed by atoms with Crippen molar-refractivity contribution in [3.63, 3.8) is 0 Å². The summed E-state index contributed by atoms with van der Waals surface area (Å²) in [5, 5.41) is 3.38. The van der Waals surface area contributed by atoms with Crippen molar-refractivity contribution < 1.29 is 13.2 Å². The molecule has 21 heavy (non-hydrogen) atoms. The Kier molecular flexibility index (Phi) is 4.05. The molecule has 7 heteroatoms. The van der Waals surface area contributed by atoms with Crippen LogP contribution in [0.25, 0.3) is 0 Å². The van der Waals surface area contributed by atoms with Crippen LogP contribution in [-0.2, 0) is 21.4 Å². The van der Waals surface area contributed by atoms with Crippen LogP contribution in [0.3, 0.4) is 0 Å². The summed E-state index contributed by atoms with van der Waals surface area (Å²) in [6, 6.07) is 6.10. The summed E-state index contributed by atoms with van der Waals surface area (Å²) in [6.07, 6.45) is 2.03. The first kappa shape index (κ1) is 14.6. The fourth-order valence-electron chi connectivity index (χ4n) is 2.75. The van der Waals surface area contributed by atoms with E-state index in [0.717, 1.165) is 24.1 Å². The number of fused-ring (bicyclic) bond motifs is 1. The number of rotatable bonds is 3. The molecule has 1 atom stereocenters. The number of nitrogens with one attached hydrogen (secondary N) is 2. The summed E-state index contributed by atoms with van der Waals surface area (Å²) >= 11 is 0. The van der Waals surface area contributed by atoms with Gasteiger partial charge in [-0.1, -0.05) is 12.1 Å². The molecule has 2 heterocycles. The van der Waals surface area contributed by atoms with Crippen molar-refractivity contribution >= 4 is 21.6 Å². The third-order valence-electron chi connectivity index (χ3n) is 3.94. The molecule has 2 aliphatic heterocycles. The van der Waals surface area contributed by atoms with E-state index in [9.17, 15) is 8.42 Å². The van der Waals surface area contributed by atoms with E-state index in [1.807, 2.05) is 18.2 Å². The molecule has 0 aliphatic carbocycles. The van der Waals surface area contributed by atoms with Gasteiger partial charge in [0.25, 0.3) is 0 Å². The summed E-state index contributed by atoms with van der Waals surface area (Å²) in [4.78, 5) is 0. The SMILES string of the molecule is CC1CCc2cccc(NS(=O)(=O)N3CCOCC3)c2N1. The molecule has 0 aromatic heterocycles. The second-order valence-electron chi connectivity index (χ2n) is 5.54. The van der Waals surface area contributed by atoms with Crippen molar-refractivity contribution in [3.8, 4) is 0 Å². The number of hydrogen-bond donors (Lipinski definition) is 2. The van der Waals surface area contributed by atoms with E-state index >= 15 is 0 Å². The second-order valence-corrected chi connectivity index (χ2v) is 7.21. The van der Waals surface area contributed by atoms with E-state index in [4.69, 9.17) is 4.74 Å². The second kappa shape index (κ2) is 5.82. The summed E-state index contributed by atoms with van der Waals surface area (Å²) in [7, 11) is -3.52. The molecule has 2 N–H and O–H groups in total. The van der Waals surface area contributed by atoms with Gasteiger partial charge in [0, 0.05) is 19.1 Å². The Morgan fingerprint density at radius 1 is 1.33 bits per heavy atom. The van der Waals surface area contributed by atoms with Crippen molar-refractivity contribution in [3.05, 3.63) is 23.8 Å². The molecular formula is C14H21N3O3S. The normalized spacial score (nSPS) is 23.2. The molecule has 0 spiro atoms. The van der Waals surface area contributed by atoms with Gasteiger partial charge in [0.15, 0.2) is 0 Å². The highest BCUT2D eigenvalue weighted by atomic mass is 32.2. The number of nitrogens with zero attached hydrogens (tertiary/aromatic N) is 1. The first-order valence-electron chi connectivity index (χ1n) is 7.30. The Labute approximate surface area is 125 Å². The van der Waals surface area contributed by atoms with Crippen molar-refractivity contribution in [1.82, 2.24) is 4.31 Å². The molecule has 2 aliphatic rings.